The Kier molecular flexibility index (Phi) is 4.57. The summed E-state index contributed by atoms with van der Waals surface area (Å²) in [7, 11) is 0. The predicted octanol–water partition coefficient (Wildman–Crippen LogP) is 3.48. The standard InChI is InChI=1S/C16H15N5O2S/c1-11-3-6-15(9-12(11)2)20-16(17-18-19-20)24-10-13-4-7-14(8-5-13)21(22)23/h3-9H,10H2,1-2H3. The fourth-order valence-electron chi connectivity index (χ4n) is 2.15. The van der Waals surface area contributed by atoms with E-state index in [0.717, 1.165) is 11.3 Å². The Balaban J connectivity index is 1.76. The molecule has 0 aliphatic heterocycles. The van der Waals surface area contributed by atoms with E-state index in [1.807, 2.05) is 25.1 Å². The van der Waals surface area contributed by atoms with Crippen LogP contribution in [-0.4, -0.2) is 25.1 Å². The lowest BCUT2D eigenvalue weighted by Gasteiger charge is -2.07. The van der Waals surface area contributed by atoms with E-state index in [1.165, 1.54) is 35.0 Å². The summed E-state index contributed by atoms with van der Waals surface area (Å²) in [4.78, 5) is 10.3. The van der Waals surface area contributed by atoms with Crippen LogP contribution in [0.15, 0.2) is 47.6 Å². The van der Waals surface area contributed by atoms with Gasteiger partial charge in [0.15, 0.2) is 0 Å². The second-order valence-corrected chi connectivity index (χ2v) is 6.30. The third-order valence-electron chi connectivity index (χ3n) is 3.69. The van der Waals surface area contributed by atoms with Gasteiger partial charge in [0.05, 0.1) is 10.6 Å². The third kappa shape index (κ3) is 3.43. The Morgan fingerprint density at radius 1 is 1.12 bits per heavy atom. The maximum atomic E-state index is 10.7. The molecule has 8 heteroatoms. The molecule has 0 radical (unpaired) electrons. The number of nitro groups is 1. The number of nitrogens with zero attached hydrogens (tertiary/aromatic N) is 5. The SMILES string of the molecule is Cc1ccc(-n2nnnc2SCc2ccc([N+](=O)[O-])cc2)cc1C. The molecule has 0 aliphatic carbocycles. The van der Waals surface area contributed by atoms with Crippen LogP contribution >= 0.6 is 11.8 Å². The first-order valence-electron chi connectivity index (χ1n) is 7.27. The van der Waals surface area contributed by atoms with Gasteiger partial charge in [-0.15, -0.1) is 5.10 Å². The molecule has 0 N–H and O–H groups in total. The fourth-order valence-corrected chi connectivity index (χ4v) is 3.00. The van der Waals surface area contributed by atoms with Crippen LogP contribution in [0, 0.1) is 24.0 Å². The van der Waals surface area contributed by atoms with Crippen molar-refractivity contribution in [3.05, 3.63) is 69.3 Å². The van der Waals surface area contributed by atoms with Crippen molar-refractivity contribution < 1.29 is 4.92 Å². The van der Waals surface area contributed by atoms with E-state index in [0.29, 0.717) is 10.9 Å². The summed E-state index contributed by atoms with van der Waals surface area (Å²) in [6.07, 6.45) is 0. The van der Waals surface area contributed by atoms with Gasteiger partial charge in [-0.3, -0.25) is 10.1 Å². The van der Waals surface area contributed by atoms with Gasteiger partial charge in [-0.2, -0.15) is 4.68 Å². The quantitative estimate of drug-likeness (QED) is 0.401. The van der Waals surface area contributed by atoms with Gasteiger partial charge >= 0.3 is 0 Å². The van der Waals surface area contributed by atoms with Crippen LogP contribution < -0.4 is 0 Å². The maximum Gasteiger partial charge on any atom is 0.269 e. The minimum absolute atomic E-state index is 0.0868. The number of thioether (sulfide) groups is 1. The largest absolute Gasteiger partial charge is 0.269 e. The van der Waals surface area contributed by atoms with Crippen molar-refractivity contribution in [2.24, 2.45) is 0 Å². The van der Waals surface area contributed by atoms with Crippen LogP contribution in [0.5, 0.6) is 0 Å². The molecular weight excluding hydrogens is 326 g/mol. The molecule has 0 unspecified atom stereocenters. The summed E-state index contributed by atoms with van der Waals surface area (Å²) >= 11 is 1.48. The highest BCUT2D eigenvalue weighted by molar-refractivity contribution is 7.98. The van der Waals surface area contributed by atoms with E-state index in [-0.39, 0.29) is 5.69 Å². The monoisotopic (exact) mass is 341 g/mol. The van der Waals surface area contributed by atoms with Crippen LogP contribution in [0.4, 0.5) is 5.69 Å². The third-order valence-corrected chi connectivity index (χ3v) is 4.68. The molecule has 0 saturated heterocycles. The lowest BCUT2D eigenvalue weighted by atomic mass is 10.1. The van der Waals surface area contributed by atoms with Crippen molar-refractivity contribution in [1.29, 1.82) is 0 Å². The number of tetrazole rings is 1. The van der Waals surface area contributed by atoms with Crippen LogP contribution in [0.25, 0.3) is 5.69 Å². The first-order valence-corrected chi connectivity index (χ1v) is 8.25. The Hall–Kier alpha value is -2.74. The lowest BCUT2D eigenvalue weighted by Crippen LogP contribution is -2.00. The van der Waals surface area contributed by atoms with Crippen LogP contribution in [-0.2, 0) is 5.75 Å². The molecule has 2 aromatic carbocycles. The fraction of sp³-hybridized carbons (Fsp3) is 0.188. The predicted molar refractivity (Wildman–Crippen MR) is 91.3 cm³/mol. The van der Waals surface area contributed by atoms with Crippen molar-refractivity contribution in [1.82, 2.24) is 20.2 Å². The van der Waals surface area contributed by atoms with Crippen LogP contribution in [0.2, 0.25) is 0 Å². The zero-order chi connectivity index (χ0) is 17.1. The maximum absolute atomic E-state index is 10.7. The summed E-state index contributed by atoms with van der Waals surface area (Å²) in [5.41, 5.74) is 4.36. The van der Waals surface area contributed by atoms with E-state index < -0.39 is 4.92 Å². The molecule has 24 heavy (non-hydrogen) atoms. The molecule has 0 saturated carbocycles. The number of hydrogen-bond acceptors (Lipinski definition) is 6. The van der Waals surface area contributed by atoms with Gasteiger partial charge in [-0.25, -0.2) is 0 Å². The van der Waals surface area contributed by atoms with Gasteiger partial charge < -0.3 is 0 Å². The first-order chi connectivity index (χ1) is 11.5. The van der Waals surface area contributed by atoms with Crippen LogP contribution in [0.1, 0.15) is 16.7 Å². The van der Waals surface area contributed by atoms with Gasteiger partial charge in [0, 0.05) is 17.9 Å². The Morgan fingerprint density at radius 3 is 2.54 bits per heavy atom. The molecule has 0 aliphatic rings. The second-order valence-electron chi connectivity index (χ2n) is 5.35. The number of rotatable bonds is 5. The molecule has 122 valence electrons. The van der Waals surface area contributed by atoms with E-state index >= 15 is 0 Å². The van der Waals surface area contributed by atoms with Crippen molar-refractivity contribution >= 4 is 17.4 Å². The minimum Gasteiger partial charge on any atom is -0.258 e. The smallest absolute Gasteiger partial charge is 0.258 e. The van der Waals surface area contributed by atoms with Gasteiger partial charge in [0.2, 0.25) is 5.16 Å². The molecule has 0 spiro atoms. The van der Waals surface area contributed by atoms with E-state index in [9.17, 15) is 10.1 Å². The number of aromatic nitrogens is 4. The normalized spacial score (nSPS) is 10.8. The molecule has 3 aromatic rings. The van der Waals surface area contributed by atoms with E-state index in [1.54, 1.807) is 16.8 Å². The summed E-state index contributed by atoms with van der Waals surface area (Å²) in [6.45, 7) is 4.11. The number of nitro benzene ring substituents is 1. The molecule has 1 aromatic heterocycles. The minimum atomic E-state index is -0.406. The summed E-state index contributed by atoms with van der Waals surface area (Å²) in [5.74, 6) is 0.628. The van der Waals surface area contributed by atoms with Crippen LogP contribution in [0.3, 0.4) is 0 Å². The van der Waals surface area contributed by atoms with E-state index in [4.69, 9.17) is 0 Å². The average Bonchev–Trinajstić information content (AvgIpc) is 3.04. The molecule has 1 heterocycles. The average molecular weight is 341 g/mol. The van der Waals surface area contributed by atoms with Crippen molar-refractivity contribution in [2.45, 2.75) is 24.8 Å². The van der Waals surface area contributed by atoms with Gasteiger partial charge in [-0.05, 0) is 53.1 Å². The van der Waals surface area contributed by atoms with Crippen molar-refractivity contribution in [3.8, 4) is 5.69 Å². The molecule has 3 rings (SSSR count). The molecule has 7 nitrogen and oxygen atoms in total. The van der Waals surface area contributed by atoms with Gasteiger partial charge in [-0.1, -0.05) is 30.0 Å². The summed E-state index contributed by atoms with van der Waals surface area (Å²) < 4.78 is 1.70. The number of aryl methyl sites for hydroxylation is 2. The molecular formula is C16H15N5O2S. The highest BCUT2D eigenvalue weighted by Gasteiger charge is 2.11. The Labute approximate surface area is 142 Å². The molecule has 0 amide bonds. The highest BCUT2D eigenvalue weighted by Crippen LogP contribution is 2.24. The zero-order valence-corrected chi connectivity index (χ0v) is 14.0. The Morgan fingerprint density at radius 2 is 1.88 bits per heavy atom. The van der Waals surface area contributed by atoms with Crippen molar-refractivity contribution in [2.75, 3.05) is 0 Å². The number of non-ortho nitro benzene ring substituents is 1. The van der Waals surface area contributed by atoms with Gasteiger partial charge in [0.1, 0.15) is 0 Å². The summed E-state index contributed by atoms with van der Waals surface area (Å²) in [6, 6.07) is 12.6. The highest BCUT2D eigenvalue weighted by atomic mass is 32.2. The molecule has 0 bridgehead atoms. The number of benzene rings is 2. The van der Waals surface area contributed by atoms with Crippen molar-refractivity contribution in [3.63, 3.8) is 0 Å². The lowest BCUT2D eigenvalue weighted by molar-refractivity contribution is -0.384. The first kappa shape index (κ1) is 16.1. The zero-order valence-electron chi connectivity index (χ0n) is 13.2. The topological polar surface area (TPSA) is 86.7 Å². The molecule has 0 fully saturated rings. The summed E-state index contributed by atoms with van der Waals surface area (Å²) in [5, 5.41) is 23.2. The second kappa shape index (κ2) is 6.79. The van der Waals surface area contributed by atoms with Gasteiger partial charge in [0.25, 0.3) is 5.69 Å². The number of hydrogen-bond donors (Lipinski definition) is 0. The molecule has 0 atom stereocenters. The Bertz CT molecular complexity index is 876. The van der Waals surface area contributed by atoms with E-state index in [2.05, 4.69) is 22.4 Å².